The number of piperidine rings is 1. The van der Waals surface area contributed by atoms with Crippen LogP contribution in [0.3, 0.4) is 0 Å². The van der Waals surface area contributed by atoms with Gasteiger partial charge in [0.2, 0.25) is 0 Å². The molecule has 4 rings (SSSR count). The predicted molar refractivity (Wildman–Crippen MR) is 91.6 cm³/mol. The largest absolute Gasteiger partial charge is 0.507 e. The molecule has 1 amide bonds. The Morgan fingerprint density at radius 2 is 2.12 bits per heavy atom. The normalized spacial score (nSPS) is 17.6. The minimum absolute atomic E-state index is 0.0394. The van der Waals surface area contributed by atoms with E-state index >= 15 is 0 Å². The van der Waals surface area contributed by atoms with Crippen molar-refractivity contribution in [1.29, 1.82) is 0 Å². The predicted octanol–water partition coefficient (Wildman–Crippen LogP) is 1.68. The fourth-order valence-corrected chi connectivity index (χ4v) is 3.70. The second kappa shape index (κ2) is 6.40. The van der Waals surface area contributed by atoms with Gasteiger partial charge in [0.15, 0.2) is 0 Å². The third kappa shape index (κ3) is 2.84. The third-order valence-electron chi connectivity index (χ3n) is 5.13. The van der Waals surface area contributed by atoms with Gasteiger partial charge in [-0.25, -0.2) is 0 Å². The van der Waals surface area contributed by atoms with Crippen LogP contribution in [0.25, 0.3) is 0 Å². The van der Waals surface area contributed by atoms with Gasteiger partial charge < -0.3 is 20.1 Å². The molecule has 2 N–H and O–H groups in total. The highest BCUT2D eigenvalue weighted by atomic mass is 16.5. The molecule has 0 spiro atoms. The average molecular weight is 342 g/mol. The zero-order valence-electron chi connectivity index (χ0n) is 14.2. The number of hydrogen-bond donors (Lipinski definition) is 2. The molecule has 1 aromatic carbocycles. The lowest BCUT2D eigenvalue weighted by atomic mass is 10.0. The summed E-state index contributed by atoms with van der Waals surface area (Å²) in [6, 6.07) is 5.12. The summed E-state index contributed by atoms with van der Waals surface area (Å²) in [5, 5.41) is 18.0. The number of benzene rings is 1. The second-order valence-electron chi connectivity index (χ2n) is 6.57. The first-order valence-electron chi connectivity index (χ1n) is 8.59. The van der Waals surface area contributed by atoms with Gasteiger partial charge in [-0.05, 0) is 25.0 Å². The molecule has 0 unspecified atom stereocenters. The van der Waals surface area contributed by atoms with Gasteiger partial charge in [0.25, 0.3) is 5.91 Å². The first kappa shape index (κ1) is 16.0. The number of ether oxygens (including phenoxy) is 1. The number of aromatic nitrogens is 2. The van der Waals surface area contributed by atoms with Crippen LogP contribution < -0.4 is 10.1 Å². The number of aromatic hydroxyl groups is 1. The molecule has 1 saturated heterocycles. The van der Waals surface area contributed by atoms with Crippen LogP contribution in [0, 0.1) is 0 Å². The molecule has 7 heteroatoms. The molecule has 0 saturated carbocycles. The molecular formula is C18H22N4O3. The molecule has 0 atom stereocenters. The molecule has 0 bridgehead atoms. The monoisotopic (exact) mass is 342 g/mol. The smallest absolute Gasteiger partial charge is 0.257 e. The SMILES string of the molecule is COc1ccc(C(=O)N2CCC(n3ncc4c3CNC4)CC2)c(O)c1. The first-order valence-corrected chi connectivity index (χ1v) is 8.59. The number of amides is 1. The van der Waals surface area contributed by atoms with Crippen molar-refractivity contribution in [2.45, 2.75) is 32.0 Å². The summed E-state index contributed by atoms with van der Waals surface area (Å²) in [7, 11) is 1.53. The van der Waals surface area contributed by atoms with Crippen molar-refractivity contribution in [2.24, 2.45) is 0 Å². The number of carbonyl (C=O) groups excluding carboxylic acids is 1. The number of hydrogen-bond acceptors (Lipinski definition) is 5. The van der Waals surface area contributed by atoms with Crippen LogP contribution in [0.2, 0.25) is 0 Å². The maximum atomic E-state index is 12.7. The van der Waals surface area contributed by atoms with Crippen LogP contribution in [-0.2, 0) is 13.1 Å². The second-order valence-corrected chi connectivity index (χ2v) is 6.57. The van der Waals surface area contributed by atoms with Gasteiger partial charge in [0.05, 0.1) is 30.6 Å². The lowest BCUT2D eigenvalue weighted by Gasteiger charge is -2.33. The number of nitrogens with one attached hydrogen (secondary N) is 1. The number of nitrogens with zero attached hydrogens (tertiary/aromatic N) is 3. The van der Waals surface area contributed by atoms with Gasteiger partial charge in [0.1, 0.15) is 11.5 Å². The standard InChI is InChI=1S/C18H22N4O3/c1-25-14-2-3-15(17(23)8-14)18(24)21-6-4-13(5-7-21)22-16-11-19-9-12(16)10-20-22/h2-3,8,10,13,19,23H,4-7,9,11H2,1H3. The van der Waals surface area contributed by atoms with Crippen molar-refractivity contribution in [3.8, 4) is 11.5 Å². The highest BCUT2D eigenvalue weighted by Gasteiger charge is 2.28. The topological polar surface area (TPSA) is 79.6 Å². The molecule has 2 aromatic rings. The van der Waals surface area contributed by atoms with Crippen LogP contribution in [0.15, 0.2) is 24.4 Å². The Bertz CT molecular complexity index is 794. The number of likely N-dealkylation sites (tertiary alicyclic amines) is 1. The molecular weight excluding hydrogens is 320 g/mol. The summed E-state index contributed by atoms with van der Waals surface area (Å²) in [6.45, 7) is 3.09. The maximum Gasteiger partial charge on any atom is 0.257 e. The van der Waals surface area contributed by atoms with Crippen LogP contribution in [0.4, 0.5) is 0 Å². The maximum absolute atomic E-state index is 12.7. The van der Waals surface area contributed by atoms with Crippen molar-refractivity contribution in [2.75, 3.05) is 20.2 Å². The summed E-state index contributed by atoms with van der Waals surface area (Å²) in [6.07, 6.45) is 3.69. The molecule has 3 heterocycles. The van der Waals surface area contributed by atoms with Gasteiger partial charge >= 0.3 is 0 Å². The van der Waals surface area contributed by atoms with Crippen molar-refractivity contribution in [1.82, 2.24) is 20.0 Å². The number of methoxy groups -OCH3 is 1. The quantitative estimate of drug-likeness (QED) is 0.887. The molecule has 0 aliphatic carbocycles. The minimum Gasteiger partial charge on any atom is -0.507 e. The number of fused-ring (bicyclic) bond motifs is 1. The molecule has 1 fully saturated rings. The lowest BCUT2D eigenvalue weighted by molar-refractivity contribution is 0.0686. The molecule has 25 heavy (non-hydrogen) atoms. The summed E-state index contributed by atoms with van der Waals surface area (Å²) >= 11 is 0. The molecule has 2 aliphatic heterocycles. The van der Waals surface area contributed by atoms with E-state index in [0.717, 1.165) is 25.9 Å². The molecule has 2 aliphatic rings. The Kier molecular flexibility index (Phi) is 4.09. The van der Waals surface area contributed by atoms with Gasteiger partial charge in [-0.1, -0.05) is 0 Å². The van der Waals surface area contributed by atoms with Crippen LogP contribution in [0.5, 0.6) is 11.5 Å². The van der Waals surface area contributed by atoms with E-state index in [9.17, 15) is 9.90 Å². The van der Waals surface area contributed by atoms with Gasteiger partial charge in [-0.3, -0.25) is 9.48 Å². The summed E-state index contributed by atoms with van der Waals surface area (Å²) in [4.78, 5) is 14.5. The zero-order chi connectivity index (χ0) is 17.4. The Morgan fingerprint density at radius 3 is 2.84 bits per heavy atom. The van der Waals surface area contributed by atoms with Gasteiger partial charge in [-0.15, -0.1) is 0 Å². The molecule has 0 radical (unpaired) electrons. The number of phenolic OH excluding ortho intramolecular Hbond substituents is 1. The number of phenols is 1. The first-order chi connectivity index (χ1) is 12.2. The van der Waals surface area contributed by atoms with E-state index in [-0.39, 0.29) is 11.7 Å². The van der Waals surface area contributed by atoms with E-state index in [1.165, 1.54) is 24.4 Å². The van der Waals surface area contributed by atoms with Crippen LogP contribution in [0.1, 0.15) is 40.5 Å². The fraction of sp³-hybridized carbons (Fsp3) is 0.444. The van der Waals surface area contributed by atoms with E-state index in [1.54, 1.807) is 17.0 Å². The minimum atomic E-state index is -0.133. The Hall–Kier alpha value is -2.54. The van der Waals surface area contributed by atoms with Crippen molar-refractivity contribution in [3.05, 3.63) is 41.2 Å². The van der Waals surface area contributed by atoms with Crippen molar-refractivity contribution >= 4 is 5.91 Å². The van der Waals surface area contributed by atoms with Gasteiger partial charge in [0, 0.05) is 37.8 Å². The Labute approximate surface area is 146 Å². The van der Waals surface area contributed by atoms with Gasteiger partial charge in [-0.2, -0.15) is 5.10 Å². The third-order valence-corrected chi connectivity index (χ3v) is 5.13. The van der Waals surface area contributed by atoms with Crippen LogP contribution >= 0.6 is 0 Å². The van der Waals surface area contributed by atoms with Crippen LogP contribution in [-0.4, -0.2) is 45.9 Å². The summed E-state index contributed by atoms with van der Waals surface area (Å²) < 4.78 is 7.19. The molecule has 132 valence electrons. The number of rotatable bonds is 3. The number of carbonyl (C=O) groups is 1. The highest BCUT2D eigenvalue weighted by molar-refractivity contribution is 5.97. The molecule has 1 aromatic heterocycles. The van der Waals surface area contributed by atoms with Crippen molar-refractivity contribution in [3.63, 3.8) is 0 Å². The van der Waals surface area contributed by atoms with E-state index in [2.05, 4.69) is 15.1 Å². The highest BCUT2D eigenvalue weighted by Crippen LogP contribution is 2.29. The van der Waals surface area contributed by atoms with E-state index in [1.807, 2.05) is 6.20 Å². The molecule has 7 nitrogen and oxygen atoms in total. The lowest BCUT2D eigenvalue weighted by Crippen LogP contribution is -2.39. The Morgan fingerprint density at radius 1 is 1.32 bits per heavy atom. The van der Waals surface area contributed by atoms with E-state index in [0.29, 0.717) is 30.4 Å². The van der Waals surface area contributed by atoms with E-state index in [4.69, 9.17) is 4.74 Å². The Balaban J connectivity index is 1.44. The summed E-state index contributed by atoms with van der Waals surface area (Å²) in [5.41, 5.74) is 2.88. The zero-order valence-corrected chi connectivity index (χ0v) is 14.2. The van der Waals surface area contributed by atoms with Crippen molar-refractivity contribution < 1.29 is 14.6 Å². The summed E-state index contributed by atoms with van der Waals surface area (Å²) in [5.74, 6) is 0.363. The average Bonchev–Trinajstić information content (AvgIpc) is 3.25. The fourth-order valence-electron chi connectivity index (χ4n) is 3.70. The van der Waals surface area contributed by atoms with E-state index < -0.39 is 0 Å².